The van der Waals surface area contributed by atoms with Crippen molar-refractivity contribution >= 4 is 47.8 Å². The minimum absolute atomic E-state index is 0.170. The highest BCUT2D eigenvalue weighted by Gasteiger charge is 2.65. The molecule has 1 unspecified atom stereocenters. The minimum Gasteiger partial charge on any atom is -0.166 e. The van der Waals surface area contributed by atoms with Gasteiger partial charge in [-0.05, 0) is 24.1 Å². The quantitative estimate of drug-likeness (QED) is 0.557. The Bertz CT molecular complexity index is 425. The first-order valence-corrected chi connectivity index (χ1v) is 7.55. The Balaban J connectivity index is 2.31. The van der Waals surface area contributed by atoms with E-state index in [2.05, 4.69) is 47.8 Å². The van der Waals surface area contributed by atoms with E-state index in [1.54, 1.807) is 12.1 Å². The van der Waals surface area contributed by atoms with Crippen LogP contribution in [-0.2, 0) is 11.6 Å². The number of benzene rings is 1. The van der Waals surface area contributed by atoms with Gasteiger partial charge < -0.3 is 0 Å². The first kappa shape index (κ1) is 13.9. The second kappa shape index (κ2) is 4.23. The topological polar surface area (TPSA) is 0 Å². The van der Waals surface area contributed by atoms with Gasteiger partial charge in [0.25, 0.3) is 0 Å². The van der Waals surface area contributed by atoms with E-state index >= 15 is 0 Å². The molecule has 1 aromatic rings. The van der Waals surface area contributed by atoms with Crippen LogP contribution in [0.15, 0.2) is 24.3 Å². The second-order valence-corrected chi connectivity index (χ2v) is 8.50. The minimum atomic E-state index is -4.27. The molecule has 94 valence electrons. The fraction of sp³-hybridized carbons (Fsp3) is 0.455. The van der Waals surface area contributed by atoms with Gasteiger partial charge in [-0.25, -0.2) is 0 Å². The molecule has 6 heteroatoms. The molecule has 1 aromatic carbocycles. The molecule has 0 aromatic heterocycles. The Labute approximate surface area is 122 Å². The van der Waals surface area contributed by atoms with E-state index in [0.717, 1.165) is 24.1 Å². The van der Waals surface area contributed by atoms with Crippen LogP contribution in [0.2, 0.25) is 0 Å². The number of hydrogen-bond donors (Lipinski definition) is 0. The highest BCUT2D eigenvalue weighted by Crippen LogP contribution is 2.67. The molecule has 0 amide bonds. The van der Waals surface area contributed by atoms with Crippen LogP contribution in [0.5, 0.6) is 0 Å². The van der Waals surface area contributed by atoms with Gasteiger partial charge in [0.2, 0.25) is 0 Å². The van der Waals surface area contributed by atoms with Gasteiger partial charge in [0.1, 0.15) is 0 Å². The maximum absolute atomic E-state index is 12.4. The summed E-state index contributed by atoms with van der Waals surface area (Å²) in [6.45, 7) is 0. The van der Waals surface area contributed by atoms with Crippen LogP contribution in [0.25, 0.3) is 0 Å². The molecule has 0 aliphatic heterocycles. The van der Waals surface area contributed by atoms with Crippen molar-refractivity contribution in [2.75, 3.05) is 5.33 Å². The predicted octanol–water partition coefficient (Wildman–Crippen LogP) is 5.23. The molecular formula is C11H8Br3F3. The standard InChI is InChI=1S/C11H8Br3F3/c12-6-9(5-10(9,13)14)7-1-3-8(4-2-7)11(15,16)17/h1-4H,5-6H2. The van der Waals surface area contributed by atoms with E-state index in [9.17, 15) is 13.2 Å². The van der Waals surface area contributed by atoms with E-state index in [4.69, 9.17) is 0 Å². The van der Waals surface area contributed by atoms with E-state index < -0.39 is 11.7 Å². The lowest BCUT2D eigenvalue weighted by molar-refractivity contribution is -0.137. The summed E-state index contributed by atoms with van der Waals surface area (Å²) in [4.78, 5) is 0. The molecule has 2 rings (SSSR count). The van der Waals surface area contributed by atoms with Gasteiger partial charge in [-0.3, -0.25) is 0 Å². The third-order valence-electron chi connectivity index (χ3n) is 3.09. The van der Waals surface area contributed by atoms with Gasteiger partial charge in [0.15, 0.2) is 0 Å². The van der Waals surface area contributed by atoms with Gasteiger partial charge in [-0.2, -0.15) is 13.2 Å². The van der Waals surface area contributed by atoms with Crippen molar-refractivity contribution in [3.05, 3.63) is 35.4 Å². The maximum atomic E-state index is 12.4. The predicted molar refractivity (Wildman–Crippen MR) is 72.1 cm³/mol. The zero-order chi connectivity index (χ0) is 12.9. The molecule has 0 heterocycles. The van der Waals surface area contributed by atoms with Crippen molar-refractivity contribution in [1.29, 1.82) is 0 Å². The van der Waals surface area contributed by atoms with Gasteiger partial charge in [0.05, 0.1) is 8.80 Å². The van der Waals surface area contributed by atoms with E-state index in [0.29, 0.717) is 5.33 Å². The molecule has 0 saturated heterocycles. The third kappa shape index (κ3) is 2.32. The molecule has 0 nitrogen and oxygen atoms in total. The summed E-state index contributed by atoms with van der Waals surface area (Å²) in [6.07, 6.45) is -3.43. The first-order valence-electron chi connectivity index (χ1n) is 4.84. The smallest absolute Gasteiger partial charge is 0.166 e. The van der Waals surface area contributed by atoms with Crippen molar-refractivity contribution in [2.45, 2.75) is 21.2 Å². The van der Waals surface area contributed by atoms with E-state index in [1.165, 1.54) is 0 Å². The van der Waals surface area contributed by atoms with Gasteiger partial charge in [-0.1, -0.05) is 59.9 Å². The molecule has 1 aliphatic carbocycles. The summed E-state index contributed by atoms with van der Waals surface area (Å²) in [7, 11) is 0. The monoisotopic (exact) mass is 434 g/mol. The molecule has 1 saturated carbocycles. The van der Waals surface area contributed by atoms with Crippen LogP contribution in [0.1, 0.15) is 17.5 Å². The summed E-state index contributed by atoms with van der Waals surface area (Å²) < 4.78 is 37.1. The molecule has 17 heavy (non-hydrogen) atoms. The fourth-order valence-electron chi connectivity index (χ4n) is 1.85. The van der Waals surface area contributed by atoms with Crippen molar-refractivity contribution in [3.8, 4) is 0 Å². The molecule has 0 spiro atoms. The number of alkyl halides is 6. The lowest BCUT2D eigenvalue weighted by atomic mass is 9.97. The zero-order valence-electron chi connectivity index (χ0n) is 8.49. The Morgan fingerprint density at radius 3 is 1.88 bits per heavy atom. The molecule has 1 fully saturated rings. The van der Waals surface area contributed by atoms with Crippen molar-refractivity contribution in [1.82, 2.24) is 0 Å². The highest BCUT2D eigenvalue weighted by molar-refractivity contribution is 9.25. The van der Waals surface area contributed by atoms with Crippen LogP contribution in [0.4, 0.5) is 13.2 Å². The van der Waals surface area contributed by atoms with Crippen LogP contribution in [0, 0.1) is 0 Å². The summed E-state index contributed by atoms with van der Waals surface area (Å²) in [6, 6.07) is 5.37. The molecular weight excluding hydrogens is 429 g/mol. The number of rotatable bonds is 2. The van der Waals surface area contributed by atoms with E-state index in [-0.39, 0.29) is 8.65 Å². The third-order valence-corrected chi connectivity index (χ3v) is 6.13. The fourth-order valence-corrected chi connectivity index (χ4v) is 5.30. The van der Waals surface area contributed by atoms with Gasteiger partial charge in [-0.15, -0.1) is 0 Å². The molecule has 1 aliphatic rings. The van der Waals surface area contributed by atoms with Crippen molar-refractivity contribution in [2.24, 2.45) is 0 Å². The lowest BCUT2D eigenvalue weighted by Gasteiger charge is -2.17. The Kier molecular flexibility index (Phi) is 3.46. The summed E-state index contributed by atoms with van der Waals surface area (Å²) in [5.74, 6) is 0. The van der Waals surface area contributed by atoms with Crippen LogP contribution < -0.4 is 0 Å². The Morgan fingerprint density at radius 1 is 1.12 bits per heavy atom. The normalized spacial score (nSPS) is 26.9. The summed E-state index contributed by atoms with van der Waals surface area (Å²) in [5, 5.41) is 0.696. The average Bonchev–Trinajstić information content (AvgIpc) is 2.81. The van der Waals surface area contributed by atoms with Crippen LogP contribution in [0.3, 0.4) is 0 Å². The molecule has 0 radical (unpaired) electrons. The molecule has 0 N–H and O–H groups in total. The average molecular weight is 437 g/mol. The largest absolute Gasteiger partial charge is 0.416 e. The number of hydrogen-bond acceptors (Lipinski definition) is 0. The summed E-state index contributed by atoms with van der Waals surface area (Å²) >= 11 is 10.5. The number of halogens is 6. The van der Waals surface area contributed by atoms with Crippen molar-refractivity contribution < 1.29 is 13.2 Å². The zero-order valence-corrected chi connectivity index (χ0v) is 13.2. The van der Waals surface area contributed by atoms with Gasteiger partial charge in [0, 0.05) is 10.7 Å². The highest BCUT2D eigenvalue weighted by atomic mass is 79.9. The first-order chi connectivity index (χ1) is 7.73. The lowest BCUT2D eigenvalue weighted by Crippen LogP contribution is -2.16. The second-order valence-electron chi connectivity index (χ2n) is 4.17. The molecule has 1 atom stereocenters. The van der Waals surface area contributed by atoms with Crippen LogP contribution >= 0.6 is 47.8 Å². The Hall–Kier alpha value is 0.450. The Morgan fingerprint density at radius 2 is 1.59 bits per heavy atom. The maximum Gasteiger partial charge on any atom is 0.416 e. The SMILES string of the molecule is FC(F)(F)c1ccc(C2(CBr)CC2(Br)Br)cc1. The summed E-state index contributed by atoms with van der Waals surface area (Å²) in [5.41, 5.74) is 0.120. The van der Waals surface area contributed by atoms with Crippen LogP contribution in [-0.4, -0.2) is 8.56 Å². The molecule has 0 bridgehead atoms. The van der Waals surface area contributed by atoms with E-state index in [1.807, 2.05) is 0 Å². The van der Waals surface area contributed by atoms with Crippen molar-refractivity contribution in [3.63, 3.8) is 0 Å². The van der Waals surface area contributed by atoms with Gasteiger partial charge >= 0.3 is 6.18 Å².